The third-order valence-electron chi connectivity index (χ3n) is 28.6. The van der Waals surface area contributed by atoms with E-state index in [1.54, 1.807) is 36.4 Å². The predicted molar refractivity (Wildman–Crippen MR) is 544 cm³/mol. The van der Waals surface area contributed by atoms with Crippen LogP contribution in [-0.2, 0) is 60.6 Å². The highest BCUT2D eigenvalue weighted by atomic mass is 32.2. The van der Waals surface area contributed by atoms with Crippen LogP contribution in [0.5, 0.6) is 0 Å². The molecule has 0 bridgehead atoms. The summed E-state index contributed by atoms with van der Waals surface area (Å²) in [6.45, 7) is 45.0. The molecule has 0 radical (unpaired) electrons. The zero-order valence-corrected chi connectivity index (χ0v) is 85.1. The summed E-state index contributed by atoms with van der Waals surface area (Å²) in [5.74, 6) is 1.17. The number of hydrogen-bond donors (Lipinski definition) is 6. The fourth-order valence-electron chi connectivity index (χ4n) is 21.1. The van der Waals surface area contributed by atoms with Gasteiger partial charge in [0, 0.05) is 301 Å². The minimum absolute atomic E-state index is 0.0286. The Morgan fingerprint density at radius 1 is 0.407 bits per heavy atom. The number of anilines is 7. The van der Waals surface area contributed by atoms with E-state index in [9.17, 15) is 55.5 Å². The van der Waals surface area contributed by atoms with E-state index in [1.165, 1.54) is 151 Å². The molecule has 14 heterocycles. The number of nitrogens with one attached hydrogen (secondary N) is 5. The maximum absolute atomic E-state index is 12.9. The Labute approximate surface area is 824 Å². The first-order chi connectivity index (χ1) is 66.9. The van der Waals surface area contributed by atoms with Crippen LogP contribution in [0, 0.1) is 33.6 Å². The van der Waals surface area contributed by atoms with Gasteiger partial charge >= 0.3 is 24.1 Å². The zero-order valence-electron chi connectivity index (χ0n) is 83.5. The van der Waals surface area contributed by atoms with Crippen LogP contribution < -0.4 is 45.7 Å². The van der Waals surface area contributed by atoms with E-state index in [1.807, 2.05) is 28.5 Å². The normalized spacial score (nSPS) is 20.6. The lowest BCUT2D eigenvalue weighted by Gasteiger charge is -2.40. The number of rotatable bonds is 19. The first kappa shape index (κ1) is 103. The lowest BCUT2D eigenvalue weighted by atomic mass is 9.83. The van der Waals surface area contributed by atoms with Crippen LogP contribution in [0.25, 0.3) is 0 Å². The van der Waals surface area contributed by atoms with E-state index in [0.717, 1.165) is 182 Å². The van der Waals surface area contributed by atoms with Crippen LogP contribution in [0.2, 0.25) is 0 Å². The summed E-state index contributed by atoms with van der Waals surface area (Å²) in [5, 5.41) is 32.5. The van der Waals surface area contributed by atoms with Gasteiger partial charge in [0.1, 0.15) is 5.84 Å². The number of urea groups is 1. The summed E-state index contributed by atoms with van der Waals surface area (Å²) in [5.41, 5.74) is 17.9. The SMILES string of the molecule is CC(=O)NC1CCN(c2cc(C)ccc2CN2CCN(C(=O)n3ccc(NS(C)(=O)=O)n3)CC2)CC1.CC(=O)Nc1ccn(C(=O)N2CCN(Cc3ccc(C)cc3N3CCN4CCC[C@@H]4C3)CC2)n1.CC(=O)Nc1ccn(C(=O)N2CCN(Cc3ccc(C)cc3N3CCN4CCC[C@H]4C3)CC2)n1.Cc1ccc(CN2CCN(C(=O)N3CCC(=NS(C)(=O)=O)N3)CC2)c(N2CCC(C(C)(C)O)CC2)c1. The van der Waals surface area contributed by atoms with E-state index in [-0.39, 0.29) is 53.7 Å². The van der Waals surface area contributed by atoms with Crippen molar-refractivity contribution in [1.29, 1.82) is 0 Å². The maximum Gasteiger partial charge on any atom is 0.344 e. The topological polar surface area (TPSA) is 383 Å². The third kappa shape index (κ3) is 28.1. The number of fused-ring (bicyclic) bond motifs is 2. The number of nitrogens with zero attached hydrogens (tertiary/aromatic N) is 22. The number of benzene rings is 4. The molecule has 0 saturated carbocycles. The minimum Gasteiger partial charge on any atom is -0.390 e. The summed E-state index contributed by atoms with van der Waals surface area (Å²) in [6.07, 6.45) is 16.3. The molecule has 4 aromatic carbocycles. The van der Waals surface area contributed by atoms with Crippen molar-refractivity contribution >= 4 is 108 Å². The number of hydrazine groups is 1. The first-order valence-electron chi connectivity index (χ1n) is 49.8. The predicted octanol–water partition coefficient (Wildman–Crippen LogP) is 7.68. The average Bonchev–Trinajstić information content (AvgIpc) is 1.22. The smallest absolute Gasteiger partial charge is 0.344 e. The van der Waals surface area contributed by atoms with E-state index >= 15 is 0 Å². The Morgan fingerprint density at radius 3 is 1.09 bits per heavy atom. The first-order valence-corrected chi connectivity index (χ1v) is 53.6. The van der Waals surface area contributed by atoms with Crippen molar-refractivity contribution in [3.05, 3.63) is 154 Å². The standard InChI is InChI=1S/2C25H35N7O2.C25H40N6O4S.C24H35N7O4S/c2*1-19-5-6-21(23(16-19)31-15-14-29-8-3-4-22(29)18-31)17-28-10-12-30(13-11-28)25(34)32-9-7-24(27-32)26-20(2)33;1-19-5-6-20(22(17-19)29-10-7-21(8-11-29)25(2,3)33)18-28-13-15-30(16-14-28)24(32)31-12-9-23(26-31)27-36(4,34)35;1-18-4-5-20(22(16-18)29-9-6-21(7-10-29)25-19(2)32)17-28-12-14-30(15-13-28)24(33)31-11-8-23(26-31)27-36(3,34)35/h2*5-7,9,16,22H,3-4,8,10-15,17-18H2,1-2H3,(H,26,27,33);5-6,17,21,33H,7-16,18H2,1-4H3,(H,26,27);4-5,8,11,16,21H,6-7,9-10,12-15,17H2,1-3H3,(H,25,32)(H,26,27)/t2*22-;;/m10../s1. The van der Waals surface area contributed by atoms with Crippen molar-refractivity contribution in [2.45, 2.75) is 170 Å². The van der Waals surface area contributed by atoms with Gasteiger partial charge in [0.2, 0.25) is 27.7 Å². The molecule has 140 heavy (non-hydrogen) atoms. The van der Waals surface area contributed by atoms with Crippen molar-refractivity contribution in [3.8, 4) is 0 Å². The molecular weight excluding hydrogens is 1820 g/mol. The molecule has 7 aromatic rings. The molecule has 11 fully saturated rings. The number of aliphatic hydroxyl groups is 1. The van der Waals surface area contributed by atoms with Gasteiger partial charge in [-0.1, -0.05) is 48.5 Å². The molecule has 11 aliphatic heterocycles. The van der Waals surface area contributed by atoms with E-state index in [0.29, 0.717) is 101 Å². The summed E-state index contributed by atoms with van der Waals surface area (Å²) in [7, 11) is -6.94. The van der Waals surface area contributed by atoms with Crippen molar-refractivity contribution in [2.24, 2.45) is 10.3 Å². The highest BCUT2D eigenvalue weighted by Crippen LogP contribution is 2.37. The lowest BCUT2D eigenvalue weighted by molar-refractivity contribution is -0.120. The number of piperazine rings is 6. The zero-order chi connectivity index (χ0) is 99.3. The van der Waals surface area contributed by atoms with E-state index < -0.39 is 25.6 Å². The Hall–Kier alpha value is -11.3. The van der Waals surface area contributed by atoms with Gasteiger partial charge in [-0.15, -0.1) is 19.7 Å². The van der Waals surface area contributed by atoms with Crippen LogP contribution in [0.4, 0.5) is 59.4 Å². The van der Waals surface area contributed by atoms with E-state index in [2.05, 4.69) is 195 Å². The minimum atomic E-state index is -3.49. The number of aryl methyl sites for hydroxylation is 4. The second kappa shape index (κ2) is 46.2. The van der Waals surface area contributed by atoms with Gasteiger partial charge in [-0.2, -0.15) is 14.0 Å². The fraction of sp³-hybridized carbons (Fsp3) is 0.586. The largest absolute Gasteiger partial charge is 0.390 e. The van der Waals surface area contributed by atoms with Gasteiger partial charge in [0.15, 0.2) is 17.5 Å². The quantitative estimate of drug-likeness (QED) is 0.0452. The number of carbonyl (C=O) groups excluding carboxylic acids is 7. The highest BCUT2D eigenvalue weighted by molar-refractivity contribution is 7.92. The Kier molecular flexibility index (Phi) is 34.0. The van der Waals surface area contributed by atoms with Gasteiger partial charge in [0.25, 0.3) is 10.0 Å². The summed E-state index contributed by atoms with van der Waals surface area (Å²) < 4.78 is 55.3. The molecule has 11 aliphatic rings. The third-order valence-corrected chi connectivity index (χ3v) is 29.8. The van der Waals surface area contributed by atoms with Gasteiger partial charge in [-0.05, 0) is 181 Å². The fourth-order valence-corrected chi connectivity index (χ4v) is 22.1. The molecule has 3 aromatic heterocycles. The number of piperidine rings is 2. The van der Waals surface area contributed by atoms with Crippen molar-refractivity contribution in [3.63, 3.8) is 0 Å². The molecule has 11 saturated heterocycles. The monoisotopic (exact) mass is 1970 g/mol. The summed E-state index contributed by atoms with van der Waals surface area (Å²) in [6, 6.07) is 32.6. The molecule has 760 valence electrons. The number of sulfonamides is 2. The van der Waals surface area contributed by atoms with Crippen molar-refractivity contribution in [1.82, 2.24) is 94.1 Å². The Bertz CT molecular complexity index is 5590. The number of amides is 8. The summed E-state index contributed by atoms with van der Waals surface area (Å²) >= 11 is 0. The second-order valence-electron chi connectivity index (χ2n) is 40.1. The molecule has 41 heteroatoms. The molecule has 0 spiro atoms. The van der Waals surface area contributed by atoms with Gasteiger partial charge in [-0.3, -0.25) is 53.9 Å². The number of hydrogen-bond acceptors (Lipinski definition) is 25. The number of aromatic nitrogens is 6. The Balaban J connectivity index is 0.000000141. The molecule has 18 rings (SSSR count). The second-order valence-corrected chi connectivity index (χ2v) is 43.5. The van der Waals surface area contributed by atoms with Crippen LogP contribution in [-0.4, -0.2) is 379 Å². The summed E-state index contributed by atoms with van der Waals surface area (Å²) in [4.78, 5) is 117. The van der Waals surface area contributed by atoms with Crippen molar-refractivity contribution in [2.75, 3.05) is 237 Å². The average molecular weight is 1970 g/mol. The van der Waals surface area contributed by atoms with Crippen LogP contribution in [0.15, 0.2) is 114 Å². The molecule has 0 aliphatic carbocycles. The molecular formula is C99H145N27O12S2. The molecule has 8 amide bonds. The molecule has 39 nitrogen and oxygen atoms in total. The Morgan fingerprint density at radius 2 is 0.750 bits per heavy atom. The van der Waals surface area contributed by atoms with E-state index in [4.69, 9.17) is 0 Å². The maximum atomic E-state index is 12.9. The van der Waals surface area contributed by atoms with Crippen LogP contribution in [0.1, 0.15) is 137 Å². The van der Waals surface area contributed by atoms with Crippen LogP contribution >= 0.6 is 0 Å². The number of carbonyl (C=O) groups is 7. The molecule has 0 unspecified atom stereocenters. The highest BCUT2D eigenvalue weighted by Gasteiger charge is 2.38. The van der Waals surface area contributed by atoms with Crippen LogP contribution in [0.3, 0.4) is 0 Å². The number of amidine groups is 1. The molecule has 6 N–H and O–H groups in total. The molecule has 2 atom stereocenters. The van der Waals surface area contributed by atoms with Gasteiger partial charge in [0.05, 0.1) is 24.7 Å². The van der Waals surface area contributed by atoms with Gasteiger partial charge in [-0.25, -0.2) is 41.0 Å². The van der Waals surface area contributed by atoms with Gasteiger partial charge < -0.3 is 60.3 Å². The lowest BCUT2D eigenvalue weighted by Crippen LogP contribution is -2.54. The van der Waals surface area contributed by atoms with Crippen molar-refractivity contribution < 1.29 is 55.5 Å².